The summed E-state index contributed by atoms with van der Waals surface area (Å²) in [5.74, 6) is -4.68. The molecular weight excluding hydrogens is 672 g/mol. The van der Waals surface area contributed by atoms with Crippen molar-refractivity contribution >= 4 is 52.2 Å². The number of imide groups is 1. The number of halogens is 6. The Hall–Kier alpha value is -4.57. The molecule has 1 saturated heterocycles. The number of amides is 3. The van der Waals surface area contributed by atoms with Crippen molar-refractivity contribution in [3.05, 3.63) is 104 Å². The van der Waals surface area contributed by atoms with Gasteiger partial charge in [0, 0.05) is 22.0 Å². The molecule has 244 valence electrons. The maximum absolute atomic E-state index is 14.1. The minimum Gasteiger partial charge on any atom is -0.496 e. The zero-order chi connectivity index (χ0) is 33.8. The van der Waals surface area contributed by atoms with Gasteiger partial charge in [-0.2, -0.15) is 26.3 Å². The van der Waals surface area contributed by atoms with Gasteiger partial charge in [0.25, 0.3) is 0 Å². The van der Waals surface area contributed by atoms with Crippen molar-refractivity contribution in [3.63, 3.8) is 0 Å². The van der Waals surface area contributed by atoms with E-state index in [1.165, 1.54) is 19.2 Å². The normalized spacial score (nSPS) is 19.4. The fraction of sp³-hybridized carbons (Fsp3) is 0.226. The Bertz CT molecular complexity index is 1970. The van der Waals surface area contributed by atoms with Crippen LogP contribution in [0, 0.1) is 5.92 Å². The van der Waals surface area contributed by atoms with Gasteiger partial charge in [-0.15, -0.1) is 0 Å². The molecule has 6 rings (SSSR count). The van der Waals surface area contributed by atoms with Crippen LogP contribution < -0.4 is 19.8 Å². The summed E-state index contributed by atoms with van der Waals surface area (Å²) in [5.41, 5.74) is -2.59. The number of thiazole rings is 1. The molecule has 16 heteroatoms. The van der Waals surface area contributed by atoms with Gasteiger partial charge in [-0.1, -0.05) is 59.5 Å². The van der Waals surface area contributed by atoms with E-state index in [0.29, 0.717) is 21.8 Å². The molecule has 1 N–H and O–H groups in total. The van der Waals surface area contributed by atoms with E-state index < -0.39 is 75.4 Å². The monoisotopic (exact) mass is 693 g/mol. The van der Waals surface area contributed by atoms with Crippen LogP contribution in [0.5, 0.6) is 5.75 Å². The number of ether oxygens (including phenoxy) is 1. The minimum atomic E-state index is -4.88. The highest BCUT2D eigenvalue weighted by molar-refractivity contribution is 8.00. The van der Waals surface area contributed by atoms with E-state index in [-0.39, 0.29) is 21.3 Å². The van der Waals surface area contributed by atoms with Gasteiger partial charge in [0.15, 0.2) is 0 Å². The predicted octanol–water partition coefficient (Wildman–Crippen LogP) is 6.39. The smallest absolute Gasteiger partial charge is 0.418 e. The van der Waals surface area contributed by atoms with E-state index in [2.05, 4.69) is 5.32 Å². The average molecular weight is 694 g/mol. The molecule has 1 aromatic heterocycles. The van der Waals surface area contributed by atoms with Gasteiger partial charge in [0.1, 0.15) is 17.5 Å². The highest BCUT2D eigenvalue weighted by Gasteiger charge is 2.58. The summed E-state index contributed by atoms with van der Waals surface area (Å²) in [6.45, 7) is -0.660. The lowest BCUT2D eigenvalue weighted by Crippen LogP contribution is -2.33. The third-order valence-electron chi connectivity index (χ3n) is 7.75. The first-order valence-electron chi connectivity index (χ1n) is 13.7. The van der Waals surface area contributed by atoms with Crippen LogP contribution in [0.2, 0.25) is 0 Å². The summed E-state index contributed by atoms with van der Waals surface area (Å²) in [7, 11) is 1.37. The van der Waals surface area contributed by atoms with Crippen LogP contribution >= 0.6 is 23.1 Å². The molecule has 2 aliphatic heterocycles. The lowest BCUT2D eigenvalue weighted by atomic mass is 9.82. The highest BCUT2D eigenvalue weighted by atomic mass is 32.2. The zero-order valence-electron chi connectivity index (χ0n) is 23.9. The molecule has 0 radical (unpaired) electrons. The number of aromatic nitrogens is 1. The Morgan fingerprint density at radius 2 is 1.60 bits per heavy atom. The van der Waals surface area contributed by atoms with E-state index in [1.807, 2.05) is 0 Å². The molecule has 4 aromatic rings. The number of benzene rings is 3. The summed E-state index contributed by atoms with van der Waals surface area (Å²) in [6.07, 6.45) is -9.54. The van der Waals surface area contributed by atoms with Crippen molar-refractivity contribution in [2.24, 2.45) is 5.92 Å². The largest absolute Gasteiger partial charge is 0.496 e. The fourth-order valence-electron chi connectivity index (χ4n) is 5.78. The van der Waals surface area contributed by atoms with Crippen LogP contribution in [0.1, 0.15) is 27.5 Å². The molecule has 3 heterocycles. The Balaban J connectivity index is 1.42. The summed E-state index contributed by atoms with van der Waals surface area (Å²) in [6, 6.07) is 14.6. The lowest BCUT2D eigenvalue weighted by molar-refractivity contribution is -0.138. The van der Waals surface area contributed by atoms with Gasteiger partial charge in [0.2, 0.25) is 17.7 Å². The number of nitrogens with one attached hydrogen (secondary N) is 1. The molecule has 0 aliphatic carbocycles. The Morgan fingerprint density at radius 3 is 2.30 bits per heavy atom. The maximum Gasteiger partial charge on any atom is 0.418 e. The molecule has 0 unspecified atom stereocenters. The van der Waals surface area contributed by atoms with Gasteiger partial charge in [0.05, 0.1) is 34.9 Å². The Kier molecular flexibility index (Phi) is 8.20. The number of carbonyl (C=O) groups excluding carboxylic acids is 3. The first-order chi connectivity index (χ1) is 22.2. The van der Waals surface area contributed by atoms with Crippen LogP contribution in [0.3, 0.4) is 0 Å². The van der Waals surface area contributed by atoms with E-state index in [1.54, 1.807) is 24.3 Å². The quantitative estimate of drug-likeness (QED) is 0.186. The van der Waals surface area contributed by atoms with Crippen molar-refractivity contribution in [1.29, 1.82) is 0 Å². The molecule has 0 saturated carbocycles. The number of hydrogen-bond donors (Lipinski definition) is 1. The molecule has 3 atom stereocenters. The number of hydrogen-bond acceptors (Lipinski definition) is 7. The van der Waals surface area contributed by atoms with Gasteiger partial charge in [-0.3, -0.25) is 23.7 Å². The van der Waals surface area contributed by atoms with E-state index in [0.717, 1.165) is 52.7 Å². The van der Waals surface area contributed by atoms with Gasteiger partial charge >= 0.3 is 17.2 Å². The number of para-hydroxylation sites is 2. The fourth-order valence-corrected chi connectivity index (χ4v) is 8.54. The van der Waals surface area contributed by atoms with E-state index >= 15 is 0 Å². The third kappa shape index (κ3) is 5.79. The zero-order valence-corrected chi connectivity index (χ0v) is 25.5. The first-order valence-corrected chi connectivity index (χ1v) is 15.4. The molecule has 47 heavy (non-hydrogen) atoms. The number of rotatable bonds is 6. The summed E-state index contributed by atoms with van der Waals surface area (Å²) in [5, 5.41) is 1.17. The predicted molar refractivity (Wildman–Crippen MR) is 161 cm³/mol. The molecule has 1 fully saturated rings. The number of methoxy groups -OCH3 is 1. The second-order valence-electron chi connectivity index (χ2n) is 10.6. The van der Waals surface area contributed by atoms with Gasteiger partial charge in [-0.05, 0) is 36.4 Å². The van der Waals surface area contributed by atoms with Gasteiger partial charge in [-0.25, -0.2) is 4.90 Å². The second kappa shape index (κ2) is 11.9. The number of nitrogens with zero attached hydrogens (tertiary/aromatic N) is 2. The SMILES string of the molecule is COc1ccccc1[C@@H]1c2sc(=O)n(CC(=O)Nc3cccc(C(F)(F)F)c3)c2S[C@H]2C(=O)N(c3ccccc3C(F)(F)F)C(=O)[C@@H]12. The van der Waals surface area contributed by atoms with Gasteiger partial charge < -0.3 is 10.1 Å². The first kappa shape index (κ1) is 32.4. The topological polar surface area (TPSA) is 97.7 Å². The number of fused-ring (bicyclic) bond motifs is 2. The van der Waals surface area contributed by atoms with Crippen molar-refractivity contribution < 1.29 is 45.5 Å². The Labute approximate surface area is 269 Å². The molecule has 8 nitrogen and oxygen atoms in total. The lowest BCUT2D eigenvalue weighted by Gasteiger charge is -2.31. The second-order valence-corrected chi connectivity index (χ2v) is 12.7. The average Bonchev–Trinajstić information content (AvgIpc) is 3.46. The summed E-state index contributed by atoms with van der Waals surface area (Å²) in [4.78, 5) is 54.5. The molecule has 3 aromatic carbocycles. The number of anilines is 2. The van der Waals surface area contributed by atoms with Crippen molar-refractivity contribution in [3.8, 4) is 5.75 Å². The van der Waals surface area contributed by atoms with E-state index in [4.69, 9.17) is 4.74 Å². The Morgan fingerprint density at radius 1 is 0.894 bits per heavy atom. The minimum absolute atomic E-state index is 0.128. The van der Waals surface area contributed by atoms with Crippen molar-refractivity contribution in [1.82, 2.24) is 4.57 Å². The van der Waals surface area contributed by atoms with Crippen LogP contribution in [-0.2, 0) is 33.3 Å². The number of carbonyl (C=O) groups is 3. The number of alkyl halides is 6. The van der Waals surface area contributed by atoms with E-state index in [9.17, 15) is 45.5 Å². The van der Waals surface area contributed by atoms with Crippen LogP contribution in [-0.4, -0.2) is 34.6 Å². The summed E-state index contributed by atoms with van der Waals surface area (Å²) >= 11 is 1.47. The third-order valence-corrected chi connectivity index (χ3v) is 10.4. The van der Waals surface area contributed by atoms with Crippen LogP contribution in [0.15, 0.2) is 82.6 Å². The highest BCUT2D eigenvalue weighted by Crippen LogP contribution is 2.55. The molecule has 2 aliphatic rings. The van der Waals surface area contributed by atoms with Crippen LogP contribution in [0.4, 0.5) is 37.7 Å². The summed E-state index contributed by atoms with van der Waals surface area (Å²) < 4.78 is 88.1. The molecular formula is C31H21F6N3O5S2. The number of thioether (sulfide) groups is 1. The maximum atomic E-state index is 14.1. The van der Waals surface area contributed by atoms with Crippen molar-refractivity contribution in [2.45, 2.75) is 35.1 Å². The molecule has 0 bridgehead atoms. The van der Waals surface area contributed by atoms with Crippen molar-refractivity contribution in [2.75, 3.05) is 17.3 Å². The molecule has 3 amide bonds. The van der Waals surface area contributed by atoms with Crippen LogP contribution in [0.25, 0.3) is 0 Å². The standard InChI is InChI=1S/C31H21F6N3O5S2/c1-45-20-12-5-2-9-17(20)22-23-24(27(43)40(26(23)42)19-11-4-3-10-18(19)31(35,36)37)46-28-25(22)47-29(44)39(28)14-21(41)38-16-8-6-7-15(13-16)30(32,33)34/h2-13,22-24H,14H2,1H3,(H,38,41)/t22-,23-,24+/m0/s1. The molecule has 0 spiro atoms.